The first-order valence-electron chi connectivity index (χ1n) is 9.35. The molecule has 7 nitrogen and oxygen atoms in total. The quantitative estimate of drug-likeness (QED) is 0.862. The van der Waals surface area contributed by atoms with Crippen LogP contribution >= 0.6 is 0 Å². The number of urea groups is 1. The lowest BCUT2D eigenvalue weighted by Gasteiger charge is -2.37. The van der Waals surface area contributed by atoms with Gasteiger partial charge in [-0.1, -0.05) is 12.1 Å². The molecular formula is C19H28N4O3. The number of anilines is 2. The van der Waals surface area contributed by atoms with Gasteiger partial charge in [0.1, 0.15) is 0 Å². The average molecular weight is 360 g/mol. The van der Waals surface area contributed by atoms with Gasteiger partial charge in [0.2, 0.25) is 5.91 Å². The predicted molar refractivity (Wildman–Crippen MR) is 101 cm³/mol. The van der Waals surface area contributed by atoms with E-state index in [4.69, 9.17) is 4.74 Å². The van der Waals surface area contributed by atoms with E-state index in [1.54, 1.807) is 4.90 Å². The Bertz CT molecular complexity index is 635. The summed E-state index contributed by atoms with van der Waals surface area (Å²) >= 11 is 0. The van der Waals surface area contributed by atoms with Gasteiger partial charge in [-0.25, -0.2) is 4.79 Å². The fourth-order valence-corrected chi connectivity index (χ4v) is 3.63. The van der Waals surface area contributed by atoms with Gasteiger partial charge >= 0.3 is 6.03 Å². The molecule has 0 aliphatic carbocycles. The van der Waals surface area contributed by atoms with E-state index in [0.717, 1.165) is 50.4 Å². The summed E-state index contributed by atoms with van der Waals surface area (Å²) in [6.07, 6.45) is 2.36. The Morgan fingerprint density at radius 1 is 1.12 bits per heavy atom. The van der Waals surface area contributed by atoms with Crippen molar-refractivity contribution >= 4 is 23.3 Å². The lowest BCUT2D eigenvalue weighted by molar-refractivity contribution is -0.128. The predicted octanol–water partition coefficient (Wildman–Crippen LogP) is 2.04. The number of ether oxygens (including phenoxy) is 1. The molecule has 26 heavy (non-hydrogen) atoms. The Morgan fingerprint density at radius 2 is 1.77 bits per heavy atom. The summed E-state index contributed by atoms with van der Waals surface area (Å²) < 4.78 is 5.79. The lowest BCUT2D eigenvalue weighted by atomic mass is 10.1. The topological polar surface area (TPSA) is 73.9 Å². The SMILES string of the molecule is CC1CN(c2ccccc2NC(=O)NCC(=O)N2CCCC2)CC(C)O1. The van der Waals surface area contributed by atoms with Crippen LogP contribution in [-0.4, -0.2) is 61.8 Å². The van der Waals surface area contributed by atoms with Crippen molar-refractivity contribution in [1.82, 2.24) is 10.2 Å². The molecule has 2 atom stereocenters. The fourth-order valence-electron chi connectivity index (χ4n) is 3.63. The first-order chi connectivity index (χ1) is 12.5. The van der Waals surface area contributed by atoms with Gasteiger partial charge < -0.3 is 25.2 Å². The summed E-state index contributed by atoms with van der Waals surface area (Å²) in [6, 6.07) is 7.36. The standard InChI is InChI=1S/C19H28N4O3/c1-14-12-23(13-15(2)26-14)17-8-4-3-7-16(17)21-19(25)20-11-18(24)22-9-5-6-10-22/h3-4,7-8,14-15H,5-6,9-13H2,1-2H3,(H2,20,21,25). The Kier molecular flexibility index (Phi) is 5.98. The van der Waals surface area contributed by atoms with Gasteiger partial charge in [-0.3, -0.25) is 4.79 Å². The lowest BCUT2D eigenvalue weighted by Crippen LogP contribution is -2.46. The Hall–Kier alpha value is -2.28. The summed E-state index contributed by atoms with van der Waals surface area (Å²) in [5.74, 6) is -0.0261. The number of hydrogen-bond acceptors (Lipinski definition) is 4. The molecule has 3 amide bonds. The van der Waals surface area contributed by atoms with Crippen LogP contribution < -0.4 is 15.5 Å². The molecule has 2 saturated heterocycles. The molecule has 0 spiro atoms. The highest BCUT2D eigenvalue weighted by molar-refractivity contribution is 5.95. The van der Waals surface area contributed by atoms with Crippen LogP contribution in [0.1, 0.15) is 26.7 Å². The maximum absolute atomic E-state index is 12.3. The number of likely N-dealkylation sites (tertiary alicyclic amines) is 1. The van der Waals surface area contributed by atoms with Crippen molar-refractivity contribution < 1.29 is 14.3 Å². The molecule has 2 aliphatic heterocycles. The molecule has 2 heterocycles. The number of morpholine rings is 1. The zero-order valence-corrected chi connectivity index (χ0v) is 15.5. The van der Waals surface area contributed by atoms with Crippen LogP contribution in [0.25, 0.3) is 0 Å². The number of carbonyl (C=O) groups is 2. The van der Waals surface area contributed by atoms with E-state index in [0.29, 0.717) is 0 Å². The van der Waals surface area contributed by atoms with E-state index in [9.17, 15) is 9.59 Å². The van der Waals surface area contributed by atoms with Crippen LogP contribution in [0.15, 0.2) is 24.3 Å². The van der Waals surface area contributed by atoms with Crippen molar-refractivity contribution in [2.75, 3.05) is 42.9 Å². The second kappa shape index (κ2) is 8.40. The summed E-state index contributed by atoms with van der Waals surface area (Å²) in [7, 11) is 0. The monoisotopic (exact) mass is 360 g/mol. The number of benzene rings is 1. The van der Waals surface area contributed by atoms with E-state index >= 15 is 0 Å². The molecule has 0 saturated carbocycles. The first kappa shape index (κ1) is 18.5. The van der Waals surface area contributed by atoms with E-state index in [1.807, 2.05) is 24.3 Å². The number of para-hydroxylation sites is 2. The second-order valence-electron chi connectivity index (χ2n) is 7.08. The molecule has 3 rings (SSSR count). The van der Waals surface area contributed by atoms with Gasteiger partial charge in [0.25, 0.3) is 0 Å². The van der Waals surface area contributed by atoms with Crippen LogP contribution in [-0.2, 0) is 9.53 Å². The Morgan fingerprint density at radius 3 is 2.46 bits per heavy atom. The number of amides is 3. The van der Waals surface area contributed by atoms with Gasteiger partial charge in [-0.05, 0) is 38.8 Å². The molecule has 2 aliphatic rings. The highest BCUT2D eigenvalue weighted by atomic mass is 16.5. The molecule has 2 unspecified atom stereocenters. The molecule has 0 aromatic heterocycles. The first-order valence-corrected chi connectivity index (χ1v) is 9.35. The van der Waals surface area contributed by atoms with Gasteiger partial charge in [-0.2, -0.15) is 0 Å². The Balaban J connectivity index is 1.59. The van der Waals surface area contributed by atoms with E-state index < -0.39 is 0 Å². The molecule has 0 bridgehead atoms. The summed E-state index contributed by atoms with van der Waals surface area (Å²) in [6.45, 7) is 7.26. The molecule has 2 N–H and O–H groups in total. The number of rotatable bonds is 4. The maximum Gasteiger partial charge on any atom is 0.319 e. The normalized spacial score (nSPS) is 23.0. The Labute approximate surface area is 154 Å². The summed E-state index contributed by atoms with van der Waals surface area (Å²) in [5, 5.41) is 5.55. The zero-order chi connectivity index (χ0) is 18.5. The molecular weight excluding hydrogens is 332 g/mol. The van der Waals surface area contributed by atoms with Crippen molar-refractivity contribution in [1.29, 1.82) is 0 Å². The molecule has 0 radical (unpaired) electrons. The van der Waals surface area contributed by atoms with Crippen LogP contribution in [0.2, 0.25) is 0 Å². The largest absolute Gasteiger partial charge is 0.372 e. The van der Waals surface area contributed by atoms with E-state index in [2.05, 4.69) is 29.4 Å². The summed E-state index contributed by atoms with van der Waals surface area (Å²) in [4.78, 5) is 28.3. The number of nitrogens with one attached hydrogen (secondary N) is 2. The maximum atomic E-state index is 12.3. The summed E-state index contributed by atoms with van der Waals surface area (Å²) in [5.41, 5.74) is 1.70. The van der Waals surface area contributed by atoms with Crippen molar-refractivity contribution in [2.45, 2.75) is 38.9 Å². The smallest absolute Gasteiger partial charge is 0.319 e. The van der Waals surface area contributed by atoms with E-state index in [-0.39, 0.29) is 30.7 Å². The third-order valence-electron chi connectivity index (χ3n) is 4.77. The van der Waals surface area contributed by atoms with Crippen LogP contribution in [0, 0.1) is 0 Å². The van der Waals surface area contributed by atoms with Crippen LogP contribution in [0.3, 0.4) is 0 Å². The van der Waals surface area contributed by atoms with Crippen molar-refractivity contribution in [3.63, 3.8) is 0 Å². The molecule has 7 heteroatoms. The van der Waals surface area contributed by atoms with Crippen LogP contribution in [0.4, 0.5) is 16.2 Å². The fraction of sp³-hybridized carbons (Fsp3) is 0.579. The van der Waals surface area contributed by atoms with Crippen molar-refractivity contribution in [3.05, 3.63) is 24.3 Å². The highest BCUT2D eigenvalue weighted by Gasteiger charge is 2.24. The van der Waals surface area contributed by atoms with Crippen LogP contribution in [0.5, 0.6) is 0 Å². The number of nitrogens with zero attached hydrogens (tertiary/aromatic N) is 2. The van der Waals surface area contributed by atoms with Gasteiger partial charge in [-0.15, -0.1) is 0 Å². The van der Waals surface area contributed by atoms with Gasteiger partial charge in [0.05, 0.1) is 30.1 Å². The minimum Gasteiger partial charge on any atom is -0.372 e. The third kappa shape index (κ3) is 4.66. The molecule has 142 valence electrons. The second-order valence-corrected chi connectivity index (χ2v) is 7.08. The van der Waals surface area contributed by atoms with Gasteiger partial charge in [0, 0.05) is 26.2 Å². The molecule has 2 fully saturated rings. The molecule has 1 aromatic carbocycles. The van der Waals surface area contributed by atoms with Crippen molar-refractivity contribution in [3.8, 4) is 0 Å². The average Bonchev–Trinajstić information content (AvgIpc) is 3.14. The highest BCUT2D eigenvalue weighted by Crippen LogP contribution is 2.28. The number of hydrogen-bond donors (Lipinski definition) is 2. The van der Waals surface area contributed by atoms with Gasteiger partial charge in [0.15, 0.2) is 0 Å². The molecule has 1 aromatic rings. The minimum atomic E-state index is -0.362. The minimum absolute atomic E-state index is 0.0261. The zero-order valence-electron chi connectivity index (χ0n) is 15.5. The third-order valence-corrected chi connectivity index (χ3v) is 4.77. The number of carbonyl (C=O) groups excluding carboxylic acids is 2. The van der Waals surface area contributed by atoms with Crippen molar-refractivity contribution in [2.24, 2.45) is 0 Å². The van der Waals surface area contributed by atoms with E-state index in [1.165, 1.54) is 0 Å².